The fourth-order valence-corrected chi connectivity index (χ4v) is 3.25. The number of ether oxygens (including phenoxy) is 1. The van der Waals surface area contributed by atoms with Crippen molar-refractivity contribution in [3.8, 4) is 5.75 Å². The molecular weight excluding hydrogens is 341 g/mol. The average Bonchev–Trinajstić information content (AvgIpc) is 2.59. The highest BCUT2D eigenvalue weighted by atomic mass is 35.5. The molecule has 3 aromatic carbocycles. The molecule has 0 atom stereocenters. The number of benzene rings is 3. The molecule has 0 aliphatic rings. The zero-order valence-corrected chi connectivity index (χ0v) is 14.8. The lowest BCUT2D eigenvalue weighted by Gasteiger charge is -2.15. The van der Waals surface area contributed by atoms with Crippen molar-refractivity contribution in [2.24, 2.45) is 5.73 Å². The maximum atomic E-state index is 6.23. The SMILES string of the molecule is NCCCc1c(OCc2ccc(Cl)cc2Cl)ccc2ccccc12. The third-order valence-electron chi connectivity index (χ3n) is 4.03. The molecular formula is C20H19Cl2NO. The van der Waals surface area contributed by atoms with Crippen LogP contribution in [0.3, 0.4) is 0 Å². The van der Waals surface area contributed by atoms with Crippen molar-refractivity contribution in [2.75, 3.05) is 6.54 Å². The van der Waals surface area contributed by atoms with E-state index in [2.05, 4.69) is 18.2 Å². The Morgan fingerprint density at radius 3 is 2.58 bits per heavy atom. The Morgan fingerprint density at radius 1 is 0.958 bits per heavy atom. The van der Waals surface area contributed by atoms with Gasteiger partial charge in [0.15, 0.2) is 0 Å². The summed E-state index contributed by atoms with van der Waals surface area (Å²) in [5, 5.41) is 3.66. The molecule has 2 N–H and O–H groups in total. The first-order chi connectivity index (χ1) is 11.7. The Bertz CT molecular complexity index is 848. The Labute approximate surface area is 152 Å². The number of aryl methyl sites for hydroxylation is 1. The molecule has 0 heterocycles. The number of halogens is 2. The van der Waals surface area contributed by atoms with E-state index in [-0.39, 0.29) is 0 Å². The molecule has 0 radical (unpaired) electrons. The van der Waals surface area contributed by atoms with E-state index in [1.807, 2.05) is 30.3 Å². The van der Waals surface area contributed by atoms with Crippen molar-refractivity contribution in [2.45, 2.75) is 19.4 Å². The van der Waals surface area contributed by atoms with Crippen LogP contribution in [0.4, 0.5) is 0 Å². The fourth-order valence-electron chi connectivity index (χ4n) is 2.78. The molecule has 3 rings (SSSR count). The summed E-state index contributed by atoms with van der Waals surface area (Å²) in [6, 6.07) is 17.9. The van der Waals surface area contributed by atoms with E-state index < -0.39 is 0 Å². The highest BCUT2D eigenvalue weighted by Gasteiger charge is 2.10. The summed E-state index contributed by atoms with van der Waals surface area (Å²) in [7, 11) is 0. The van der Waals surface area contributed by atoms with Crippen LogP contribution in [0, 0.1) is 0 Å². The van der Waals surface area contributed by atoms with Gasteiger partial charge in [0.2, 0.25) is 0 Å². The molecule has 0 saturated carbocycles. The molecule has 0 amide bonds. The van der Waals surface area contributed by atoms with Crippen molar-refractivity contribution in [3.63, 3.8) is 0 Å². The van der Waals surface area contributed by atoms with E-state index in [0.29, 0.717) is 23.2 Å². The first kappa shape index (κ1) is 17.1. The Morgan fingerprint density at radius 2 is 1.79 bits per heavy atom. The highest BCUT2D eigenvalue weighted by Crippen LogP contribution is 2.30. The van der Waals surface area contributed by atoms with Gasteiger partial charge in [-0.3, -0.25) is 0 Å². The van der Waals surface area contributed by atoms with Crippen LogP contribution in [0.15, 0.2) is 54.6 Å². The molecule has 0 saturated heterocycles. The van der Waals surface area contributed by atoms with Crippen molar-refractivity contribution in [1.82, 2.24) is 0 Å². The minimum absolute atomic E-state index is 0.407. The molecule has 0 unspecified atom stereocenters. The van der Waals surface area contributed by atoms with Gasteiger partial charge in [-0.1, -0.05) is 59.6 Å². The van der Waals surface area contributed by atoms with E-state index in [9.17, 15) is 0 Å². The molecule has 0 aliphatic carbocycles. The summed E-state index contributed by atoms with van der Waals surface area (Å²) >= 11 is 12.2. The maximum absolute atomic E-state index is 6.23. The highest BCUT2D eigenvalue weighted by molar-refractivity contribution is 6.35. The van der Waals surface area contributed by atoms with Gasteiger partial charge >= 0.3 is 0 Å². The van der Waals surface area contributed by atoms with Crippen LogP contribution >= 0.6 is 23.2 Å². The summed E-state index contributed by atoms with van der Waals surface area (Å²) in [5.74, 6) is 0.883. The van der Waals surface area contributed by atoms with Crippen molar-refractivity contribution in [1.29, 1.82) is 0 Å². The van der Waals surface area contributed by atoms with Gasteiger partial charge in [0, 0.05) is 21.2 Å². The third-order valence-corrected chi connectivity index (χ3v) is 4.61. The monoisotopic (exact) mass is 359 g/mol. The van der Waals surface area contributed by atoms with Crippen LogP contribution in [-0.2, 0) is 13.0 Å². The molecule has 0 fully saturated rings. The van der Waals surface area contributed by atoms with Gasteiger partial charge in [0.05, 0.1) is 0 Å². The smallest absolute Gasteiger partial charge is 0.123 e. The quantitative estimate of drug-likeness (QED) is 0.619. The summed E-state index contributed by atoms with van der Waals surface area (Å²) in [4.78, 5) is 0. The Balaban J connectivity index is 1.90. The second kappa shape index (κ2) is 7.89. The number of hydrogen-bond acceptors (Lipinski definition) is 2. The largest absolute Gasteiger partial charge is 0.489 e. The van der Waals surface area contributed by atoms with E-state index in [0.717, 1.165) is 24.2 Å². The predicted octanol–water partition coefficient (Wildman–Crippen LogP) is 5.62. The summed E-state index contributed by atoms with van der Waals surface area (Å²) in [6.45, 7) is 1.07. The third kappa shape index (κ3) is 3.84. The number of hydrogen-bond donors (Lipinski definition) is 1. The zero-order chi connectivity index (χ0) is 16.9. The maximum Gasteiger partial charge on any atom is 0.123 e. The first-order valence-corrected chi connectivity index (χ1v) is 8.72. The lowest BCUT2D eigenvalue weighted by Crippen LogP contribution is -2.04. The standard InChI is InChI=1S/C20H19Cl2NO/c21-16-9-7-15(19(22)12-16)13-24-20-10-8-14-4-1-2-5-17(14)18(20)6-3-11-23/h1-2,4-5,7-10,12H,3,6,11,13,23H2. The molecule has 24 heavy (non-hydrogen) atoms. The van der Waals surface area contributed by atoms with E-state index in [1.54, 1.807) is 6.07 Å². The first-order valence-electron chi connectivity index (χ1n) is 7.96. The Hall–Kier alpha value is -1.74. The lowest BCUT2D eigenvalue weighted by atomic mass is 9.99. The van der Waals surface area contributed by atoms with E-state index in [4.69, 9.17) is 33.7 Å². The zero-order valence-electron chi connectivity index (χ0n) is 13.3. The van der Waals surface area contributed by atoms with E-state index >= 15 is 0 Å². The number of nitrogens with two attached hydrogens (primary N) is 1. The Kier molecular flexibility index (Phi) is 5.62. The predicted molar refractivity (Wildman–Crippen MR) is 102 cm³/mol. The van der Waals surface area contributed by atoms with Gasteiger partial charge in [0.1, 0.15) is 12.4 Å². The molecule has 124 valence electrons. The summed E-state index contributed by atoms with van der Waals surface area (Å²) in [5.41, 5.74) is 7.81. The summed E-state index contributed by atoms with van der Waals surface area (Å²) in [6.07, 6.45) is 1.81. The molecule has 0 aromatic heterocycles. The molecule has 0 spiro atoms. The molecule has 0 aliphatic heterocycles. The van der Waals surface area contributed by atoms with Crippen LogP contribution in [0.1, 0.15) is 17.5 Å². The minimum Gasteiger partial charge on any atom is -0.489 e. The van der Waals surface area contributed by atoms with Gasteiger partial charge in [-0.15, -0.1) is 0 Å². The van der Waals surface area contributed by atoms with Crippen LogP contribution in [0.2, 0.25) is 10.0 Å². The normalized spacial score (nSPS) is 11.0. The van der Waals surface area contributed by atoms with Gasteiger partial charge in [-0.05, 0) is 48.4 Å². The van der Waals surface area contributed by atoms with E-state index in [1.165, 1.54) is 16.3 Å². The molecule has 3 aromatic rings. The fraction of sp³-hybridized carbons (Fsp3) is 0.200. The lowest BCUT2D eigenvalue weighted by molar-refractivity contribution is 0.303. The van der Waals surface area contributed by atoms with Gasteiger partial charge < -0.3 is 10.5 Å². The molecule has 0 bridgehead atoms. The van der Waals surface area contributed by atoms with Gasteiger partial charge in [0.25, 0.3) is 0 Å². The second-order valence-electron chi connectivity index (χ2n) is 5.68. The van der Waals surface area contributed by atoms with Gasteiger partial charge in [-0.25, -0.2) is 0 Å². The van der Waals surface area contributed by atoms with Crippen LogP contribution in [-0.4, -0.2) is 6.54 Å². The van der Waals surface area contributed by atoms with Crippen molar-refractivity contribution >= 4 is 34.0 Å². The van der Waals surface area contributed by atoms with Crippen molar-refractivity contribution in [3.05, 3.63) is 75.8 Å². The molecule has 4 heteroatoms. The van der Waals surface area contributed by atoms with Crippen LogP contribution in [0.5, 0.6) is 5.75 Å². The molecule has 2 nitrogen and oxygen atoms in total. The number of fused-ring (bicyclic) bond motifs is 1. The van der Waals surface area contributed by atoms with Crippen LogP contribution in [0.25, 0.3) is 10.8 Å². The average molecular weight is 360 g/mol. The summed E-state index contributed by atoms with van der Waals surface area (Å²) < 4.78 is 6.08. The van der Waals surface area contributed by atoms with Crippen molar-refractivity contribution < 1.29 is 4.74 Å². The van der Waals surface area contributed by atoms with Gasteiger partial charge in [-0.2, -0.15) is 0 Å². The topological polar surface area (TPSA) is 35.2 Å². The minimum atomic E-state index is 0.407. The number of rotatable bonds is 6. The second-order valence-corrected chi connectivity index (χ2v) is 6.52. The van der Waals surface area contributed by atoms with Crippen LogP contribution < -0.4 is 10.5 Å².